The van der Waals surface area contributed by atoms with Gasteiger partial charge in [-0.2, -0.15) is 0 Å². The summed E-state index contributed by atoms with van der Waals surface area (Å²) in [6.07, 6.45) is 1.63. The summed E-state index contributed by atoms with van der Waals surface area (Å²) >= 11 is 0. The van der Waals surface area contributed by atoms with E-state index in [2.05, 4.69) is 5.32 Å². The summed E-state index contributed by atoms with van der Waals surface area (Å²) in [5.41, 5.74) is 2.94. The molecule has 1 N–H and O–H groups in total. The average Bonchev–Trinajstić information content (AvgIpc) is 2.75. The van der Waals surface area contributed by atoms with Gasteiger partial charge in [-0.25, -0.2) is 8.42 Å². The van der Waals surface area contributed by atoms with Gasteiger partial charge in [0, 0.05) is 25.0 Å². The molecule has 7 nitrogen and oxygen atoms in total. The van der Waals surface area contributed by atoms with Gasteiger partial charge < -0.3 is 10.2 Å². The highest BCUT2D eigenvalue weighted by Gasteiger charge is 2.28. The van der Waals surface area contributed by atoms with Gasteiger partial charge in [-0.05, 0) is 70.7 Å². The number of rotatable bonds is 10. The van der Waals surface area contributed by atoms with E-state index in [1.807, 2.05) is 83.1 Å². The number of benzene rings is 2. The van der Waals surface area contributed by atoms with Gasteiger partial charge in [0.1, 0.15) is 6.04 Å². The third-order valence-electron chi connectivity index (χ3n) is 5.65. The number of aryl methyl sites for hydroxylation is 2. The number of carbonyl (C=O) groups excluding carboxylic acids is 2. The highest BCUT2D eigenvalue weighted by Crippen LogP contribution is 2.24. The predicted molar refractivity (Wildman–Crippen MR) is 142 cm³/mol. The molecule has 0 aliphatic rings. The van der Waals surface area contributed by atoms with Crippen LogP contribution in [0.2, 0.25) is 0 Å². The first-order valence-electron chi connectivity index (χ1n) is 11.9. The normalized spacial score (nSPS) is 12.7. The molecule has 2 aromatic rings. The van der Waals surface area contributed by atoms with Gasteiger partial charge in [-0.3, -0.25) is 13.9 Å². The third kappa shape index (κ3) is 8.69. The second kappa shape index (κ2) is 11.7. The van der Waals surface area contributed by atoms with E-state index in [4.69, 9.17) is 0 Å². The molecule has 192 valence electrons. The lowest BCUT2D eigenvalue weighted by Gasteiger charge is -2.32. The molecule has 2 amide bonds. The maximum absolute atomic E-state index is 13.3. The Balaban J connectivity index is 2.20. The van der Waals surface area contributed by atoms with Crippen molar-refractivity contribution in [3.05, 3.63) is 65.2 Å². The summed E-state index contributed by atoms with van der Waals surface area (Å²) < 4.78 is 26.5. The van der Waals surface area contributed by atoms with Crippen LogP contribution in [-0.4, -0.2) is 49.5 Å². The zero-order valence-electron chi connectivity index (χ0n) is 22.0. The fourth-order valence-electron chi connectivity index (χ4n) is 3.81. The van der Waals surface area contributed by atoms with Crippen LogP contribution in [0.15, 0.2) is 48.5 Å². The van der Waals surface area contributed by atoms with Crippen molar-refractivity contribution in [2.45, 2.75) is 72.5 Å². The van der Waals surface area contributed by atoms with Crippen molar-refractivity contribution < 1.29 is 18.0 Å². The van der Waals surface area contributed by atoms with Crippen molar-refractivity contribution in [2.24, 2.45) is 0 Å². The molecule has 0 saturated heterocycles. The molecule has 0 heterocycles. The Bertz CT molecular complexity index is 1120. The van der Waals surface area contributed by atoms with Crippen molar-refractivity contribution in [1.29, 1.82) is 0 Å². The second-order valence-electron chi connectivity index (χ2n) is 10.2. The molecule has 0 aromatic heterocycles. The van der Waals surface area contributed by atoms with E-state index in [1.54, 1.807) is 11.8 Å². The minimum Gasteiger partial charge on any atom is -0.350 e. The lowest BCUT2D eigenvalue weighted by atomic mass is 10.1. The molecule has 0 saturated carbocycles. The van der Waals surface area contributed by atoms with Crippen LogP contribution in [0.25, 0.3) is 0 Å². The van der Waals surface area contributed by atoms with Gasteiger partial charge >= 0.3 is 0 Å². The van der Waals surface area contributed by atoms with Crippen LogP contribution in [0.4, 0.5) is 5.69 Å². The summed E-state index contributed by atoms with van der Waals surface area (Å²) in [6, 6.07) is 14.5. The molecule has 35 heavy (non-hydrogen) atoms. The van der Waals surface area contributed by atoms with Crippen molar-refractivity contribution in [3.8, 4) is 0 Å². The molecule has 0 fully saturated rings. The number of nitrogens with one attached hydrogen (secondary N) is 1. The van der Waals surface area contributed by atoms with Crippen LogP contribution in [0, 0.1) is 13.8 Å². The Hall–Kier alpha value is -2.87. The van der Waals surface area contributed by atoms with Crippen molar-refractivity contribution in [1.82, 2.24) is 10.2 Å². The van der Waals surface area contributed by atoms with Gasteiger partial charge in [-0.1, -0.05) is 42.5 Å². The lowest BCUT2D eigenvalue weighted by Crippen LogP contribution is -2.52. The van der Waals surface area contributed by atoms with E-state index in [9.17, 15) is 18.0 Å². The topological polar surface area (TPSA) is 86.8 Å². The molecule has 2 aromatic carbocycles. The van der Waals surface area contributed by atoms with Gasteiger partial charge in [0.2, 0.25) is 21.8 Å². The molecule has 0 spiro atoms. The van der Waals surface area contributed by atoms with E-state index in [-0.39, 0.29) is 24.8 Å². The Kier molecular flexibility index (Phi) is 9.49. The molecular formula is C27H39N3O4S. The minimum absolute atomic E-state index is 0.122. The molecule has 0 unspecified atom stereocenters. The largest absolute Gasteiger partial charge is 0.350 e. The van der Waals surface area contributed by atoms with Gasteiger partial charge in [0.15, 0.2) is 0 Å². The molecule has 8 heteroatoms. The summed E-state index contributed by atoms with van der Waals surface area (Å²) in [4.78, 5) is 27.8. The first-order chi connectivity index (χ1) is 16.2. The van der Waals surface area contributed by atoms with Gasteiger partial charge in [-0.15, -0.1) is 0 Å². The number of nitrogens with zero attached hydrogens (tertiary/aromatic N) is 2. The number of hydrogen-bond acceptors (Lipinski definition) is 4. The van der Waals surface area contributed by atoms with Gasteiger partial charge in [0.25, 0.3) is 0 Å². The van der Waals surface area contributed by atoms with Crippen LogP contribution >= 0.6 is 0 Å². The Morgan fingerprint density at radius 1 is 1.03 bits per heavy atom. The van der Waals surface area contributed by atoms with Crippen molar-refractivity contribution in [2.75, 3.05) is 17.1 Å². The maximum Gasteiger partial charge on any atom is 0.242 e. The monoisotopic (exact) mass is 501 g/mol. The molecule has 0 bridgehead atoms. The second-order valence-corrected chi connectivity index (χ2v) is 12.1. The molecule has 0 aliphatic heterocycles. The van der Waals surface area contributed by atoms with Crippen LogP contribution in [0.3, 0.4) is 0 Å². The van der Waals surface area contributed by atoms with Gasteiger partial charge in [0.05, 0.1) is 11.9 Å². The van der Waals surface area contributed by atoms with E-state index in [1.165, 1.54) is 10.6 Å². The quantitative estimate of drug-likeness (QED) is 0.529. The van der Waals surface area contributed by atoms with Crippen LogP contribution in [0.5, 0.6) is 0 Å². The van der Waals surface area contributed by atoms with Crippen LogP contribution in [-0.2, 0) is 26.2 Å². The molecule has 1 atom stereocenters. The smallest absolute Gasteiger partial charge is 0.242 e. The van der Waals surface area contributed by atoms with E-state index >= 15 is 0 Å². The number of amides is 2. The number of carbonyl (C=O) groups is 2. The minimum atomic E-state index is -3.53. The zero-order chi connectivity index (χ0) is 26.4. The maximum atomic E-state index is 13.3. The highest BCUT2D eigenvalue weighted by atomic mass is 32.2. The first kappa shape index (κ1) is 28.4. The van der Waals surface area contributed by atoms with E-state index < -0.39 is 21.6 Å². The fraction of sp³-hybridized carbons (Fsp3) is 0.481. The zero-order valence-corrected chi connectivity index (χ0v) is 22.8. The SMILES string of the molecule is Cc1ccc(C)c(N(CCCC(=O)N(Cc2ccccc2)[C@@H](C)C(=O)NC(C)(C)C)S(C)(=O)=O)c1. The van der Waals surface area contributed by atoms with Crippen molar-refractivity contribution in [3.63, 3.8) is 0 Å². The number of anilines is 1. The van der Waals surface area contributed by atoms with E-state index in [0.717, 1.165) is 16.7 Å². The summed E-state index contributed by atoms with van der Waals surface area (Å²) in [5.74, 6) is -0.422. The molecule has 0 radical (unpaired) electrons. The summed E-state index contributed by atoms with van der Waals surface area (Å²) in [7, 11) is -3.53. The summed E-state index contributed by atoms with van der Waals surface area (Å²) in [5, 5.41) is 2.95. The fourth-order valence-corrected chi connectivity index (χ4v) is 4.82. The Morgan fingerprint density at radius 3 is 2.23 bits per heavy atom. The van der Waals surface area contributed by atoms with Crippen LogP contribution < -0.4 is 9.62 Å². The number of hydrogen-bond donors (Lipinski definition) is 1. The standard InChI is InChI=1S/C27H39N3O4S/c1-20-15-16-21(2)24(18-20)30(35(7,33)34)17-11-14-25(31)29(19-23-12-9-8-10-13-23)22(3)26(32)28-27(4,5)6/h8-10,12-13,15-16,18,22H,11,14,17,19H2,1-7H3,(H,28,32)/t22-/m0/s1. The Labute approximate surface area is 210 Å². The lowest BCUT2D eigenvalue weighted by molar-refractivity contribution is -0.141. The molecule has 2 rings (SSSR count). The van der Waals surface area contributed by atoms with Crippen molar-refractivity contribution >= 4 is 27.5 Å². The van der Waals surface area contributed by atoms with Crippen LogP contribution in [0.1, 0.15) is 57.2 Å². The van der Waals surface area contributed by atoms with E-state index in [0.29, 0.717) is 18.7 Å². The third-order valence-corrected chi connectivity index (χ3v) is 6.83. The Morgan fingerprint density at radius 2 is 1.66 bits per heavy atom. The molecule has 0 aliphatic carbocycles. The average molecular weight is 502 g/mol. The summed E-state index contributed by atoms with van der Waals surface area (Å²) in [6.45, 7) is 11.7. The first-order valence-corrected chi connectivity index (χ1v) is 13.7. The predicted octanol–water partition coefficient (Wildman–Crippen LogP) is 4.18. The highest BCUT2D eigenvalue weighted by molar-refractivity contribution is 7.92. The number of sulfonamides is 1. The molecular weight excluding hydrogens is 462 g/mol.